The highest BCUT2D eigenvalue weighted by Gasteiger charge is 2.17. The first-order valence-corrected chi connectivity index (χ1v) is 12.3. The smallest absolute Gasteiger partial charge is 0.374 e. The van der Waals surface area contributed by atoms with Crippen molar-refractivity contribution in [3.05, 3.63) is 102 Å². The third-order valence-electron chi connectivity index (χ3n) is 5.81. The Labute approximate surface area is 238 Å². The fourth-order valence-electron chi connectivity index (χ4n) is 3.89. The lowest BCUT2D eigenvalue weighted by Crippen LogP contribution is -2.19. The van der Waals surface area contributed by atoms with Crippen LogP contribution in [0.2, 0.25) is 0 Å². The minimum atomic E-state index is -0.807. The Hall–Kier alpha value is -5.64. The summed E-state index contributed by atoms with van der Waals surface area (Å²) in [5.74, 6) is -0.960. The van der Waals surface area contributed by atoms with Crippen LogP contribution in [0.25, 0.3) is 22.2 Å². The predicted octanol–water partition coefficient (Wildman–Crippen LogP) is 3.46. The van der Waals surface area contributed by atoms with E-state index in [1.807, 2.05) is 43.3 Å². The second-order valence-electron chi connectivity index (χ2n) is 8.39. The summed E-state index contributed by atoms with van der Waals surface area (Å²) in [7, 11) is 1.16. The van der Waals surface area contributed by atoms with E-state index in [2.05, 4.69) is 24.7 Å². The van der Waals surface area contributed by atoms with E-state index >= 15 is 0 Å². The first-order chi connectivity index (χ1) is 19.8. The van der Waals surface area contributed by atoms with Crippen LogP contribution in [0.15, 0.2) is 65.7 Å². The third-order valence-corrected chi connectivity index (χ3v) is 5.81. The Balaban J connectivity index is 0.000000232. The maximum absolute atomic E-state index is 11.8. The van der Waals surface area contributed by atoms with Gasteiger partial charge >= 0.3 is 17.2 Å². The van der Waals surface area contributed by atoms with E-state index in [1.165, 1.54) is 12.1 Å². The molecule has 0 fully saturated rings. The molecule has 0 spiro atoms. The number of benzene rings is 1. The van der Waals surface area contributed by atoms with E-state index in [9.17, 15) is 19.2 Å². The van der Waals surface area contributed by atoms with Gasteiger partial charge in [0.1, 0.15) is 23.4 Å². The van der Waals surface area contributed by atoms with Gasteiger partial charge in [-0.25, -0.2) is 14.4 Å². The molecule has 0 saturated heterocycles. The van der Waals surface area contributed by atoms with Crippen LogP contribution in [0.4, 0.5) is 0 Å². The van der Waals surface area contributed by atoms with Gasteiger partial charge in [0.2, 0.25) is 29.0 Å². The molecule has 1 N–H and O–H groups in total. The van der Waals surface area contributed by atoms with Gasteiger partial charge in [-0.05, 0) is 29.5 Å². The highest BCUT2D eigenvalue weighted by molar-refractivity contribution is 5.87. The molecule has 0 atom stereocenters. The van der Waals surface area contributed by atoms with Crippen LogP contribution in [-0.2, 0) is 24.2 Å². The van der Waals surface area contributed by atoms with Gasteiger partial charge in [0.15, 0.2) is 0 Å². The first-order valence-electron chi connectivity index (χ1n) is 12.3. The monoisotopic (exact) mass is 573 g/mol. The fraction of sp³-hybridized carbons (Fsp3) is 0.241. The lowest BCUT2D eigenvalue weighted by Gasteiger charge is -2.10. The molecule has 0 bridgehead atoms. The van der Waals surface area contributed by atoms with Crippen LogP contribution in [-0.4, -0.2) is 33.0 Å². The van der Waals surface area contributed by atoms with Crippen LogP contribution in [0.5, 0.6) is 5.88 Å². The zero-order valence-corrected chi connectivity index (χ0v) is 22.2. The average Bonchev–Trinajstić information content (AvgIpc) is 2.98. The van der Waals surface area contributed by atoms with Gasteiger partial charge in [0.25, 0.3) is 5.56 Å². The molecule has 216 valence electrons. The van der Waals surface area contributed by atoms with Crippen LogP contribution in [0.1, 0.15) is 54.4 Å². The largest absolute Gasteiger partial charge is 0.472 e. The van der Waals surface area contributed by atoms with Crippen molar-refractivity contribution in [1.82, 2.24) is 19.9 Å². The van der Waals surface area contributed by atoms with Gasteiger partial charge in [-0.3, -0.25) is 4.79 Å². The Kier molecular flexibility index (Phi) is 10.0. The molecule has 5 rings (SSSR count). The summed E-state index contributed by atoms with van der Waals surface area (Å²) in [5, 5.41) is 9.75. The average molecular weight is 574 g/mol. The van der Waals surface area contributed by atoms with Gasteiger partial charge in [0.05, 0.1) is 7.11 Å². The van der Waals surface area contributed by atoms with E-state index in [4.69, 9.17) is 18.8 Å². The molecule has 0 aliphatic heterocycles. The van der Waals surface area contributed by atoms with Gasteiger partial charge < -0.3 is 23.3 Å². The van der Waals surface area contributed by atoms with Crippen LogP contribution in [0, 0.1) is 11.3 Å². The predicted molar refractivity (Wildman–Crippen MR) is 151 cm³/mol. The first kappa shape index (κ1) is 30.9. The second-order valence-corrected chi connectivity index (χ2v) is 8.39. The van der Waals surface area contributed by atoms with E-state index in [1.54, 1.807) is 6.92 Å². The van der Waals surface area contributed by atoms with E-state index in [0.717, 1.165) is 18.2 Å². The highest BCUT2D eigenvalue weighted by Crippen LogP contribution is 2.26. The summed E-state index contributed by atoms with van der Waals surface area (Å²) in [6.07, 6.45) is 1.07. The fourth-order valence-corrected chi connectivity index (χ4v) is 3.89. The molecular formula is C29H27N5O8. The maximum atomic E-state index is 11.8. The van der Waals surface area contributed by atoms with Gasteiger partial charge in [-0.1, -0.05) is 51.6 Å². The van der Waals surface area contributed by atoms with Crippen molar-refractivity contribution in [3.8, 4) is 11.9 Å². The number of methoxy groups -OCH3 is 1. The minimum absolute atomic E-state index is 0. The normalized spacial score (nSPS) is 10.2. The number of fused-ring (bicyclic) bond motifs is 2. The van der Waals surface area contributed by atoms with E-state index in [0.29, 0.717) is 30.4 Å². The highest BCUT2D eigenvalue weighted by atomic mass is 16.5. The number of aromatic nitrogens is 4. The second kappa shape index (κ2) is 13.6. The molecule has 0 amide bonds. The van der Waals surface area contributed by atoms with Crippen molar-refractivity contribution in [3.63, 3.8) is 0 Å². The number of nitriles is 1. The zero-order chi connectivity index (χ0) is 29.5. The summed E-state index contributed by atoms with van der Waals surface area (Å²) in [5.41, 5.74) is 0.455. The molecule has 1 aromatic carbocycles. The van der Waals surface area contributed by atoms with Crippen molar-refractivity contribution in [2.75, 3.05) is 7.11 Å². The minimum Gasteiger partial charge on any atom is -0.472 e. The number of carbonyl (C=O) groups excluding carboxylic acids is 1. The summed E-state index contributed by atoms with van der Waals surface area (Å²) in [6.45, 7) is 4.00. The number of hydrogen-bond acceptors (Lipinski definition) is 12. The molecule has 5 aromatic rings. The van der Waals surface area contributed by atoms with Crippen LogP contribution < -0.4 is 21.5 Å². The molecule has 13 heteroatoms. The number of carbonyl (C=O) groups is 1. The SMILES string of the molecule is C.CCc1cc(=O)oc2nc(C#N)nc(OCc3ccccc3)c12.CCc1cc(=O)oc2nc(C(=O)OC)[nH]c(=O)c12. The van der Waals surface area contributed by atoms with Crippen LogP contribution in [0.3, 0.4) is 0 Å². The van der Waals surface area contributed by atoms with Crippen molar-refractivity contribution in [2.45, 2.75) is 40.7 Å². The van der Waals surface area contributed by atoms with Crippen molar-refractivity contribution >= 4 is 28.2 Å². The topological polar surface area (TPSA) is 191 Å². The van der Waals surface area contributed by atoms with Gasteiger partial charge in [0, 0.05) is 12.1 Å². The molecule has 13 nitrogen and oxygen atoms in total. The summed E-state index contributed by atoms with van der Waals surface area (Å²) in [4.78, 5) is 60.2. The van der Waals surface area contributed by atoms with Crippen LogP contribution >= 0.6 is 0 Å². The number of nitrogens with zero attached hydrogens (tertiary/aromatic N) is 4. The Morgan fingerprint density at radius 2 is 1.52 bits per heavy atom. The zero-order valence-electron chi connectivity index (χ0n) is 22.2. The standard InChI is InChI=1S/C17H13N3O3.C11H10N2O5.CH4/c1-2-12-8-14(21)23-17-15(12)16(19-13(9-18)20-17)22-10-11-6-4-3-5-7-11;1-3-5-4-6(14)18-10-7(5)9(15)12-8(13-10)11(16)17-2;/h3-8H,2,10H2,1H3;4H,3H2,1-2H3,(H,12,13,15);1H4. The molecule has 0 saturated carbocycles. The number of aromatic amines is 1. The lowest BCUT2D eigenvalue weighted by atomic mass is 10.1. The van der Waals surface area contributed by atoms with E-state index < -0.39 is 22.8 Å². The lowest BCUT2D eigenvalue weighted by molar-refractivity contribution is 0.0586. The number of ether oxygens (including phenoxy) is 2. The molecular weight excluding hydrogens is 546 g/mol. The Bertz CT molecular complexity index is 1960. The third kappa shape index (κ3) is 6.73. The molecule has 0 unspecified atom stereocenters. The maximum Gasteiger partial charge on any atom is 0.374 e. The number of H-pyrrole nitrogens is 1. The Morgan fingerprint density at radius 3 is 2.10 bits per heavy atom. The summed E-state index contributed by atoms with van der Waals surface area (Å²) >= 11 is 0. The van der Waals surface area contributed by atoms with Gasteiger partial charge in [-0.2, -0.15) is 20.2 Å². The number of esters is 1. The van der Waals surface area contributed by atoms with E-state index in [-0.39, 0.29) is 41.8 Å². The molecule has 42 heavy (non-hydrogen) atoms. The number of nitrogens with one attached hydrogen (secondary N) is 1. The van der Waals surface area contributed by atoms with Crippen molar-refractivity contribution < 1.29 is 23.1 Å². The Morgan fingerprint density at radius 1 is 0.929 bits per heavy atom. The quantitative estimate of drug-likeness (QED) is 0.291. The van der Waals surface area contributed by atoms with Crippen molar-refractivity contribution in [1.29, 1.82) is 5.26 Å². The molecule has 4 aromatic heterocycles. The molecule has 0 aliphatic carbocycles. The number of rotatable bonds is 6. The van der Waals surface area contributed by atoms with Gasteiger partial charge in [-0.15, -0.1) is 0 Å². The summed E-state index contributed by atoms with van der Waals surface area (Å²) in [6, 6.07) is 14.1. The number of hydrogen-bond donors (Lipinski definition) is 1. The molecule has 4 heterocycles. The molecule has 0 radical (unpaired) electrons. The molecule has 0 aliphatic rings. The number of aryl methyl sites for hydroxylation is 2. The summed E-state index contributed by atoms with van der Waals surface area (Å²) < 4.78 is 20.1. The van der Waals surface area contributed by atoms with Crippen molar-refractivity contribution in [2.24, 2.45) is 0 Å².